The molecular formula is C24H18N4O3S. The molecule has 0 saturated carbocycles. The molecule has 1 N–H and O–H groups in total. The molecule has 0 amide bonds. The standard InChI is InChI=1S/C24H18N4O3S/c1-14-20(24(29)30-2)21(23-27-16-10-6-7-11-18(16)32-23)22(31-14)28-19-12-17(25-13-26-19)15-8-4-3-5-9-15/h3-13H,1-2H3,(H,25,26,28). The fourth-order valence-electron chi connectivity index (χ4n) is 3.47. The number of fused-ring (bicyclic) bond motifs is 1. The number of hydrogen-bond acceptors (Lipinski definition) is 8. The maximum Gasteiger partial charge on any atom is 0.342 e. The molecule has 32 heavy (non-hydrogen) atoms. The Labute approximate surface area is 187 Å². The van der Waals surface area contributed by atoms with E-state index in [0.29, 0.717) is 33.6 Å². The number of carbonyl (C=O) groups excluding carboxylic acids is 1. The van der Waals surface area contributed by atoms with Gasteiger partial charge in [0.05, 0.1) is 28.6 Å². The number of nitrogens with one attached hydrogen (secondary N) is 1. The summed E-state index contributed by atoms with van der Waals surface area (Å²) < 4.78 is 12.0. The predicted octanol–water partition coefficient (Wildman–Crippen LogP) is 5.85. The number of thiazole rings is 1. The van der Waals surface area contributed by atoms with Gasteiger partial charge < -0.3 is 14.5 Å². The highest BCUT2D eigenvalue weighted by Crippen LogP contribution is 2.41. The summed E-state index contributed by atoms with van der Waals surface area (Å²) in [5, 5.41) is 3.86. The molecule has 0 unspecified atom stereocenters. The van der Waals surface area contributed by atoms with Gasteiger partial charge in [-0.25, -0.2) is 19.7 Å². The average Bonchev–Trinajstić information content (AvgIpc) is 3.39. The van der Waals surface area contributed by atoms with Crippen molar-refractivity contribution in [3.8, 4) is 21.8 Å². The second-order valence-corrected chi connectivity index (χ2v) is 8.03. The first-order valence-corrected chi connectivity index (χ1v) is 10.7. The zero-order valence-electron chi connectivity index (χ0n) is 17.3. The first kappa shape index (κ1) is 19.9. The largest absolute Gasteiger partial charge is 0.465 e. The van der Waals surface area contributed by atoms with Crippen LogP contribution in [0.3, 0.4) is 0 Å². The molecule has 0 spiro atoms. The second kappa shape index (κ2) is 8.24. The Balaban J connectivity index is 1.61. The quantitative estimate of drug-likeness (QED) is 0.341. The molecule has 158 valence electrons. The van der Waals surface area contributed by atoms with E-state index in [4.69, 9.17) is 14.1 Å². The van der Waals surface area contributed by atoms with Gasteiger partial charge in [-0.15, -0.1) is 11.3 Å². The number of hydrogen-bond donors (Lipinski definition) is 1. The van der Waals surface area contributed by atoms with Crippen LogP contribution >= 0.6 is 11.3 Å². The van der Waals surface area contributed by atoms with E-state index in [1.165, 1.54) is 24.8 Å². The molecule has 8 heteroatoms. The van der Waals surface area contributed by atoms with Gasteiger partial charge in [0.25, 0.3) is 0 Å². The molecule has 0 radical (unpaired) electrons. The third-order valence-corrected chi connectivity index (χ3v) is 6.01. The Morgan fingerprint density at radius 1 is 1.06 bits per heavy atom. The molecule has 0 aliphatic heterocycles. The Morgan fingerprint density at radius 3 is 2.62 bits per heavy atom. The number of para-hydroxylation sites is 1. The fourth-order valence-corrected chi connectivity index (χ4v) is 4.49. The van der Waals surface area contributed by atoms with Gasteiger partial charge in [-0.2, -0.15) is 0 Å². The highest BCUT2D eigenvalue weighted by atomic mass is 32.1. The third-order valence-electron chi connectivity index (χ3n) is 4.96. The first-order valence-electron chi connectivity index (χ1n) is 9.86. The smallest absolute Gasteiger partial charge is 0.342 e. The van der Waals surface area contributed by atoms with Crippen molar-refractivity contribution in [1.82, 2.24) is 15.0 Å². The van der Waals surface area contributed by atoms with Gasteiger partial charge in [-0.1, -0.05) is 42.5 Å². The molecule has 3 aromatic heterocycles. The number of furan rings is 1. The van der Waals surface area contributed by atoms with Crippen LogP contribution in [0.1, 0.15) is 16.1 Å². The van der Waals surface area contributed by atoms with Gasteiger partial charge in [0.2, 0.25) is 5.88 Å². The second-order valence-electron chi connectivity index (χ2n) is 7.00. The minimum Gasteiger partial charge on any atom is -0.465 e. The maximum atomic E-state index is 12.6. The molecule has 0 bridgehead atoms. The van der Waals surface area contributed by atoms with Gasteiger partial charge in [0.15, 0.2) is 0 Å². The topological polar surface area (TPSA) is 90.1 Å². The molecule has 5 aromatic rings. The van der Waals surface area contributed by atoms with Crippen molar-refractivity contribution in [3.05, 3.63) is 78.3 Å². The number of carbonyl (C=O) groups is 1. The molecule has 0 atom stereocenters. The van der Waals surface area contributed by atoms with Crippen molar-refractivity contribution in [2.75, 3.05) is 12.4 Å². The molecule has 0 saturated heterocycles. The summed E-state index contributed by atoms with van der Waals surface area (Å²) in [7, 11) is 1.35. The summed E-state index contributed by atoms with van der Waals surface area (Å²) in [5.41, 5.74) is 3.47. The third kappa shape index (κ3) is 3.61. The molecular weight excluding hydrogens is 424 g/mol. The number of benzene rings is 2. The van der Waals surface area contributed by atoms with Gasteiger partial charge >= 0.3 is 5.97 Å². The molecule has 2 aromatic carbocycles. The number of methoxy groups -OCH3 is 1. The summed E-state index contributed by atoms with van der Waals surface area (Å²) in [6, 6.07) is 19.4. The fraction of sp³-hybridized carbons (Fsp3) is 0.0833. The number of ether oxygens (including phenoxy) is 1. The van der Waals surface area contributed by atoms with Crippen LogP contribution in [-0.4, -0.2) is 28.0 Å². The molecule has 0 fully saturated rings. The molecule has 0 aliphatic carbocycles. The van der Waals surface area contributed by atoms with Crippen molar-refractivity contribution in [3.63, 3.8) is 0 Å². The van der Waals surface area contributed by atoms with E-state index in [-0.39, 0.29) is 0 Å². The summed E-state index contributed by atoms with van der Waals surface area (Å²) >= 11 is 1.48. The van der Waals surface area contributed by atoms with E-state index in [1.54, 1.807) is 6.92 Å². The van der Waals surface area contributed by atoms with E-state index in [1.807, 2.05) is 60.7 Å². The first-order chi connectivity index (χ1) is 15.6. The highest BCUT2D eigenvalue weighted by Gasteiger charge is 2.28. The lowest BCUT2D eigenvalue weighted by Gasteiger charge is -2.07. The number of aromatic nitrogens is 3. The zero-order chi connectivity index (χ0) is 22.1. The van der Waals surface area contributed by atoms with E-state index in [2.05, 4.69) is 15.3 Å². The molecule has 7 nitrogen and oxygen atoms in total. The van der Waals surface area contributed by atoms with Crippen molar-refractivity contribution in [2.24, 2.45) is 0 Å². The minimum atomic E-state index is -0.485. The van der Waals surface area contributed by atoms with Crippen LogP contribution < -0.4 is 5.32 Å². The van der Waals surface area contributed by atoms with Crippen LogP contribution in [0.15, 0.2) is 71.4 Å². The van der Waals surface area contributed by atoms with Crippen molar-refractivity contribution < 1.29 is 13.9 Å². The van der Waals surface area contributed by atoms with Crippen LogP contribution in [0.2, 0.25) is 0 Å². The summed E-state index contributed by atoms with van der Waals surface area (Å²) in [6.45, 7) is 1.73. The van der Waals surface area contributed by atoms with Crippen molar-refractivity contribution in [2.45, 2.75) is 6.92 Å². The van der Waals surface area contributed by atoms with Crippen LogP contribution in [-0.2, 0) is 4.74 Å². The van der Waals surface area contributed by atoms with Gasteiger partial charge in [0.1, 0.15) is 28.5 Å². The Morgan fingerprint density at radius 2 is 1.84 bits per heavy atom. The van der Waals surface area contributed by atoms with Crippen molar-refractivity contribution in [1.29, 1.82) is 0 Å². The summed E-state index contributed by atoms with van der Waals surface area (Å²) in [4.78, 5) is 26.0. The lowest BCUT2D eigenvalue weighted by molar-refractivity contribution is 0.0599. The monoisotopic (exact) mass is 442 g/mol. The van der Waals surface area contributed by atoms with E-state index in [0.717, 1.165) is 21.5 Å². The lowest BCUT2D eigenvalue weighted by atomic mass is 10.1. The van der Waals surface area contributed by atoms with E-state index >= 15 is 0 Å². The highest BCUT2D eigenvalue weighted by molar-refractivity contribution is 7.21. The number of esters is 1. The minimum absolute atomic E-state index is 0.339. The van der Waals surface area contributed by atoms with Crippen LogP contribution in [0.4, 0.5) is 11.7 Å². The predicted molar refractivity (Wildman–Crippen MR) is 124 cm³/mol. The summed E-state index contributed by atoms with van der Waals surface area (Å²) in [6.07, 6.45) is 1.49. The van der Waals surface area contributed by atoms with Gasteiger partial charge in [-0.05, 0) is 19.1 Å². The Bertz CT molecular complexity index is 1390. The number of rotatable bonds is 5. The molecule has 5 rings (SSSR count). The SMILES string of the molecule is COC(=O)c1c(C)oc(Nc2cc(-c3ccccc3)ncn2)c1-c1nc2ccccc2s1. The molecule has 0 aliphatic rings. The van der Waals surface area contributed by atoms with E-state index in [9.17, 15) is 4.79 Å². The van der Waals surface area contributed by atoms with Crippen LogP contribution in [0, 0.1) is 6.92 Å². The Kier molecular flexibility index (Phi) is 5.12. The van der Waals surface area contributed by atoms with E-state index < -0.39 is 5.97 Å². The Hall–Kier alpha value is -4.04. The number of aryl methyl sites for hydroxylation is 1. The normalized spacial score (nSPS) is 10.9. The zero-order valence-corrected chi connectivity index (χ0v) is 18.1. The van der Waals surface area contributed by atoms with Crippen LogP contribution in [0.5, 0.6) is 0 Å². The maximum absolute atomic E-state index is 12.6. The number of anilines is 2. The lowest BCUT2D eigenvalue weighted by Crippen LogP contribution is -2.04. The average molecular weight is 443 g/mol. The van der Waals surface area contributed by atoms with Gasteiger partial charge in [-0.3, -0.25) is 0 Å². The number of nitrogens with zero attached hydrogens (tertiary/aromatic N) is 3. The van der Waals surface area contributed by atoms with Crippen molar-refractivity contribution >= 4 is 39.2 Å². The molecule has 3 heterocycles. The van der Waals surface area contributed by atoms with Gasteiger partial charge in [0, 0.05) is 11.6 Å². The summed E-state index contributed by atoms with van der Waals surface area (Å²) in [5.74, 6) is 0.859. The van der Waals surface area contributed by atoms with Crippen LogP contribution in [0.25, 0.3) is 32.0 Å².